The molecule has 0 radical (unpaired) electrons. The Morgan fingerprint density at radius 1 is 1.11 bits per heavy atom. The molecular weight excluding hydrogens is 365 g/mol. The van der Waals surface area contributed by atoms with E-state index in [9.17, 15) is 18.8 Å². The molecule has 2 N–H and O–H groups in total. The number of carbonyl (C=O) groups excluding carboxylic acids is 3. The number of rotatable bonds is 4. The Morgan fingerprint density at radius 3 is 2.29 bits per heavy atom. The number of hydrogen-bond donors (Lipinski definition) is 2. The second-order valence-corrected chi connectivity index (χ2v) is 7.43. The minimum absolute atomic E-state index is 0.286. The van der Waals surface area contributed by atoms with Gasteiger partial charge in [0, 0.05) is 22.6 Å². The van der Waals surface area contributed by atoms with Gasteiger partial charge < -0.3 is 14.6 Å². The van der Waals surface area contributed by atoms with Gasteiger partial charge in [-0.2, -0.15) is 0 Å². The molecule has 150 valence electrons. The van der Waals surface area contributed by atoms with E-state index in [1.165, 1.54) is 12.1 Å². The van der Waals surface area contributed by atoms with E-state index in [-0.39, 0.29) is 11.4 Å². The van der Waals surface area contributed by atoms with Crippen LogP contribution in [0.5, 0.6) is 0 Å². The summed E-state index contributed by atoms with van der Waals surface area (Å²) in [6, 6.07) is 6.84. The third-order valence-corrected chi connectivity index (χ3v) is 3.81. The predicted octanol–water partition coefficient (Wildman–Crippen LogP) is 3.01. The molecule has 2 rings (SSSR count). The van der Waals surface area contributed by atoms with Crippen LogP contribution in [0.15, 0.2) is 30.3 Å². The number of aryl methyl sites for hydroxylation is 1. The van der Waals surface area contributed by atoms with Crippen LogP contribution in [0.2, 0.25) is 0 Å². The topological polar surface area (TPSA) is 89.4 Å². The SMILES string of the molecule is Cc1cc(C(=O)OCC(=O)NC(=O)NC(C)(C)C)c(C)n1-c1ccc(F)cc1. The van der Waals surface area contributed by atoms with Crippen LogP contribution in [-0.4, -0.2) is 34.6 Å². The smallest absolute Gasteiger partial charge is 0.340 e. The fourth-order valence-corrected chi connectivity index (χ4v) is 2.70. The fraction of sp³-hybridized carbons (Fsp3) is 0.350. The number of aromatic nitrogens is 1. The van der Waals surface area contributed by atoms with E-state index < -0.39 is 30.1 Å². The summed E-state index contributed by atoms with van der Waals surface area (Å²) in [5.74, 6) is -1.78. The lowest BCUT2D eigenvalue weighted by atomic mass is 10.1. The van der Waals surface area contributed by atoms with E-state index in [1.807, 2.05) is 0 Å². The molecule has 1 aromatic carbocycles. The minimum atomic E-state index is -0.734. The van der Waals surface area contributed by atoms with Crippen molar-refractivity contribution in [2.75, 3.05) is 6.61 Å². The Balaban J connectivity index is 2.03. The highest BCUT2D eigenvalue weighted by Crippen LogP contribution is 2.21. The number of halogens is 1. The monoisotopic (exact) mass is 389 g/mol. The normalized spacial score (nSPS) is 11.1. The summed E-state index contributed by atoms with van der Waals surface area (Å²) in [5, 5.41) is 4.67. The van der Waals surface area contributed by atoms with E-state index in [2.05, 4.69) is 10.6 Å². The number of benzene rings is 1. The molecular formula is C20H24FN3O4. The van der Waals surface area contributed by atoms with Crippen LogP contribution in [0.3, 0.4) is 0 Å². The van der Waals surface area contributed by atoms with Gasteiger partial charge in [-0.05, 0) is 65.0 Å². The van der Waals surface area contributed by atoms with Crippen molar-refractivity contribution in [3.8, 4) is 5.69 Å². The van der Waals surface area contributed by atoms with Crippen LogP contribution in [0, 0.1) is 19.7 Å². The summed E-state index contributed by atoms with van der Waals surface area (Å²) in [7, 11) is 0. The van der Waals surface area contributed by atoms with Gasteiger partial charge in [0.05, 0.1) is 5.56 Å². The van der Waals surface area contributed by atoms with E-state index in [1.54, 1.807) is 57.4 Å². The first-order valence-corrected chi connectivity index (χ1v) is 8.72. The van der Waals surface area contributed by atoms with Gasteiger partial charge in [0.15, 0.2) is 6.61 Å². The molecule has 0 spiro atoms. The molecule has 0 bridgehead atoms. The molecule has 0 aliphatic carbocycles. The van der Waals surface area contributed by atoms with Crippen molar-refractivity contribution < 1.29 is 23.5 Å². The molecule has 3 amide bonds. The maximum atomic E-state index is 13.1. The van der Waals surface area contributed by atoms with Crippen LogP contribution in [0.25, 0.3) is 5.69 Å². The quantitative estimate of drug-likeness (QED) is 0.787. The molecule has 2 aromatic rings. The average molecular weight is 389 g/mol. The van der Waals surface area contributed by atoms with Crippen molar-refractivity contribution in [2.24, 2.45) is 0 Å². The van der Waals surface area contributed by atoms with Gasteiger partial charge in [-0.15, -0.1) is 0 Å². The van der Waals surface area contributed by atoms with Gasteiger partial charge in [0.2, 0.25) is 0 Å². The van der Waals surface area contributed by atoms with Gasteiger partial charge in [0.25, 0.3) is 5.91 Å². The minimum Gasteiger partial charge on any atom is -0.452 e. The van der Waals surface area contributed by atoms with E-state index in [4.69, 9.17) is 4.74 Å². The summed E-state index contributed by atoms with van der Waals surface area (Å²) in [5.41, 5.74) is 1.84. The summed E-state index contributed by atoms with van der Waals surface area (Å²) in [4.78, 5) is 35.8. The number of ether oxygens (including phenoxy) is 1. The molecule has 1 heterocycles. The lowest BCUT2D eigenvalue weighted by molar-refractivity contribution is -0.123. The highest BCUT2D eigenvalue weighted by molar-refractivity contribution is 5.97. The molecule has 0 saturated heterocycles. The molecule has 0 atom stereocenters. The molecule has 7 nitrogen and oxygen atoms in total. The van der Waals surface area contributed by atoms with Crippen molar-refractivity contribution in [3.05, 3.63) is 53.1 Å². The fourth-order valence-electron chi connectivity index (χ4n) is 2.70. The largest absolute Gasteiger partial charge is 0.452 e. The van der Waals surface area contributed by atoms with Gasteiger partial charge >= 0.3 is 12.0 Å². The molecule has 8 heteroatoms. The third kappa shape index (κ3) is 5.42. The summed E-state index contributed by atoms with van der Waals surface area (Å²) < 4.78 is 19.9. The van der Waals surface area contributed by atoms with Crippen LogP contribution < -0.4 is 10.6 Å². The van der Waals surface area contributed by atoms with Gasteiger partial charge in [-0.1, -0.05) is 0 Å². The molecule has 0 saturated carbocycles. The summed E-state index contributed by atoms with van der Waals surface area (Å²) in [6.45, 7) is 8.26. The van der Waals surface area contributed by atoms with Gasteiger partial charge in [0.1, 0.15) is 5.82 Å². The van der Waals surface area contributed by atoms with Crippen LogP contribution >= 0.6 is 0 Å². The van der Waals surface area contributed by atoms with Crippen molar-refractivity contribution in [3.63, 3.8) is 0 Å². The molecule has 0 unspecified atom stereocenters. The zero-order chi connectivity index (χ0) is 21.1. The second kappa shape index (κ2) is 8.24. The van der Waals surface area contributed by atoms with Crippen molar-refractivity contribution in [1.82, 2.24) is 15.2 Å². The van der Waals surface area contributed by atoms with E-state index >= 15 is 0 Å². The highest BCUT2D eigenvalue weighted by Gasteiger charge is 2.20. The molecule has 1 aromatic heterocycles. The number of carbonyl (C=O) groups is 3. The maximum Gasteiger partial charge on any atom is 0.340 e. The first-order valence-electron chi connectivity index (χ1n) is 8.72. The second-order valence-electron chi connectivity index (χ2n) is 7.43. The zero-order valence-electron chi connectivity index (χ0n) is 16.6. The Hall–Kier alpha value is -3.16. The van der Waals surface area contributed by atoms with Crippen molar-refractivity contribution in [1.29, 1.82) is 0 Å². The standard InChI is InChI=1S/C20H24FN3O4/c1-12-10-16(13(2)24(12)15-8-6-14(21)7-9-15)18(26)28-11-17(25)22-19(27)23-20(3,4)5/h6-10H,11H2,1-5H3,(H2,22,23,25,27). The lowest BCUT2D eigenvalue weighted by Gasteiger charge is -2.20. The zero-order valence-corrected chi connectivity index (χ0v) is 16.6. The number of urea groups is 1. The number of nitrogens with one attached hydrogen (secondary N) is 2. The van der Waals surface area contributed by atoms with Crippen LogP contribution in [-0.2, 0) is 9.53 Å². The summed E-state index contributed by atoms with van der Waals surface area (Å²) >= 11 is 0. The average Bonchev–Trinajstić information content (AvgIpc) is 2.86. The Kier molecular flexibility index (Phi) is 6.23. The lowest BCUT2D eigenvalue weighted by Crippen LogP contribution is -2.49. The molecule has 0 fully saturated rings. The molecule has 0 aliphatic heterocycles. The number of amides is 3. The van der Waals surface area contributed by atoms with Gasteiger partial charge in [-0.3, -0.25) is 10.1 Å². The van der Waals surface area contributed by atoms with E-state index in [0.717, 1.165) is 5.69 Å². The summed E-state index contributed by atoms with van der Waals surface area (Å²) in [6.07, 6.45) is 0. The van der Waals surface area contributed by atoms with E-state index in [0.29, 0.717) is 11.4 Å². The Bertz CT molecular complexity index is 895. The number of nitrogens with zero attached hydrogens (tertiary/aromatic N) is 1. The van der Waals surface area contributed by atoms with Crippen LogP contribution in [0.4, 0.5) is 9.18 Å². The first kappa shape index (κ1) is 21.1. The number of esters is 1. The Morgan fingerprint density at radius 2 is 1.71 bits per heavy atom. The molecule has 28 heavy (non-hydrogen) atoms. The molecule has 0 aliphatic rings. The van der Waals surface area contributed by atoms with Gasteiger partial charge in [-0.25, -0.2) is 14.0 Å². The number of imide groups is 1. The van der Waals surface area contributed by atoms with Crippen molar-refractivity contribution >= 4 is 17.9 Å². The Labute approximate surface area is 162 Å². The predicted molar refractivity (Wildman–Crippen MR) is 102 cm³/mol. The number of hydrogen-bond acceptors (Lipinski definition) is 4. The van der Waals surface area contributed by atoms with Crippen LogP contribution in [0.1, 0.15) is 42.5 Å². The van der Waals surface area contributed by atoms with Crippen molar-refractivity contribution in [2.45, 2.75) is 40.2 Å². The first-order chi connectivity index (χ1) is 13.0. The highest BCUT2D eigenvalue weighted by atomic mass is 19.1. The maximum absolute atomic E-state index is 13.1. The third-order valence-electron chi connectivity index (χ3n) is 3.81.